The van der Waals surface area contributed by atoms with Crippen LogP contribution in [0.2, 0.25) is 0 Å². The molecule has 2 heteroatoms. The Morgan fingerprint density at radius 3 is 2.12 bits per heavy atom. The first-order chi connectivity index (χ1) is 8.36. The molecule has 84 valence electrons. The van der Waals surface area contributed by atoms with Crippen molar-refractivity contribution in [2.75, 3.05) is 0 Å². The Kier molecular flexibility index (Phi) is 2.41. The number of terminal acetylenes is 2. The lowest BCUT2D eigenvalue weighted by Crippen LogP contribution is -2.04. The molecule has 0 bridgehead atoms. The summed E-state index contributed by atoms with van der Waals surface area (Å²) in [7, 11) is 0. The van der Waals surface area contributed by atoms with Crippen LogP contribution in [0.1, 0.15) is 33.4 Å². The van der Waals surface area contributed by atoms with Crippen molar-refractivity contribution in [2.24, 2.45) is 0 Å². The van der Waals surface area contributed by atoms with Gasteiger partial charge in [-0.25, -0.2) is 0 Å². The molecule has 3 rings (SSSR count). The molecule has 0 aromatic heterocycles. The van der Waals surface area contributed by atoms with E-state index in [4.69, 9.17) is 22.3 Å². The van der Waals surface area contributed by atoms with Gasteiger partial charge < -0.3 is 9.47 Å². The van der Waals surface area contributed by atoms with Gasteiger partial charge in [0.05, 0.1) is 26.4 Å². The Labute approximate surface area is 101 Å². The molecular weight excluding hydrogens is 212 g/mol. The van der Waals surface area contributed by atoms with Crippen LogP contribution >= 0.6 is 0 Å². The predicted molar refractivity (Wildman–Crippen MR) is 63.9 cm³/mol. The van der Waals surface area contributed by atoms with Crippen LogP contribution in [0, 0.1) is 24.7 Å². The Balaban J connectivity index is 2.32. The van der Waals surface area contributed by atoms with Crippen molar-refractivity contribution in [2.45, 2.75) is 32.8 Å². The number of fused-ring (bicyclic) bond motifs is 3. The molecule has 1 aromatic rings. The zero-order chi connectivity index (χ0) is 11.8. The van der Waals surface area contributed by atoms with E-state index in [9.17, 15) is 0 Å². The normalized spacial score (nSPS) is 16.1. The highest BCUT2D eigenvalue weighted by Crippen LogP contribution is 2.37. The Morgan fingerprint density at radius 1 is 0.882 bits per heavy atom. The molecule has 2 aliphatic heterocycles. The molecule has 0 aliphatic carbocycles. The van der Waals surface area contributed by atoms with Gasteiger partial charge >= 0.3 is 0 Å². The zero-order valence-electron chi connectivity index (χ0n) is 9.51. The molecule has 0 atom stereocenters. The fourth-order valence-corrected chi connectivity index (χ4v) is 2.69. The van der Waals surface area contributed by atoms with Gasteiger partial charge in [-0.05, 0) is 27.8 Å². The van der Waals surface area contributed by atoms with Crippen LogP contribution in [0.25, 0.3) is 0 Å². The van der Waals surface area contributed by atoms with Crippen LogP contribution in [-0.2, 0) is 42.3 Å². The summed E-state index contributed by atoms with van der Waals surface area (Å²) in [5, 5.41) is 0. The van der Waals surface area contributed by atoms with Crippen molar-refractivity contribution < 1.29 is 9.47 Å². The molecule has 0 saturated heterocycles. The summed E-state index contributed by atoms with van der Waals surface area (Å²) in [6.45, 7) is 2.52. The first-order valence-electron chi connectivity index (χ1n) is 5.60. The van der Waals surface area contributed by atoms with E-state index in [1.165, 1.54) is 16.7 Å². The zero-order valence-corrected chi connectivity index (χ0v) is 9.51. The molecule has 0 saturated carbocycles. The second-order valence-corrected chi connectivity index (χ2v) is 4.28. The summed E-state index contributed by atoms with van der Waals surface area (Å²) >= 11 is 0. The van der Waals surface area contributed by atoms with Crippen molar-refractivity contribution in [3.63, 3.8) is 0 Å². The van der Waals surface area contributed by atoms with Gasteiger partial charge in [0, 0.05) is 12.0 Å². The molecule has 0 spiro atoms. The number of ether oxygens (including phenoxy) is 2. The molecule has 0 amide bonds. The minimum atomic E-state index is 0.568. The first kappa shape index (κ1) is 10.4. The van der Waals surface area contributed by atoms with E-state index >= 15 is 0 Å². The lowest BCUT2D eigenvalue weighted by atomic mass is 9.88. The maximum absolute atomic E-state index is 5.63. The van der Waals surface area contributed by atoms with Gasteiger partial charge in [-0.15, -0.1) is 18.8 Å². The van der Waals surface area contributed by atoms with Crippen LogP contribution in [0.3, 0.4) is 0 Å². The van der Waals surface area contributed by atoms with Gasteiger partial charge in [0.2, 0.25) is 0 Å². The van der Waals surface area contributed by atoms with Crippen molar-refractivity contribution in [3.05, 3.63) is 33.4 Å². The van der Waals surface area contributed by atoms with Crippen molar-refractivity contribution >= 4 is 0 Å². The van der Waals surface area contributed by atoms with Crippen LogP contribution in [0.5, 0.6) is 0 Å². The van der Waals surface area contributed by atoms with E-state index in [1.54, 1.807) is 0 Å². The third-order valence-electron chi connectivity index (χ3n) is 3.47. The second kappa shape index (κ2) is 3.93. The maximum Gasteiger partial charge on any atom is 0.0737 e. The molecule has 17 heavy (non-hydrogen) atoms. The van der Waals surface area contributed by atoms with Gasteiger partial charge in [0.1, 0.15) is 0 Å². The van der Waals surface area contributed by atoms with Crippen LogP contribution in [0.4, 0.5) is 0 Å². The largest absolute Gasteiger partial charge is 0.372 e. The Hall–Kier alpha value is -1.74. The van der Waals surface area contributed by atoms with Crippen LogP contribution in [-0.4, -0.2) is 0 Å². The van der Waals surface area contributed by atoms with E-state index < -0.39 is 0 Å². The summed E-state index contributed by atoms with van der Waals surface area (Å²) in [6, 6.07) is 0. The fourth-order valence-electron chi connectivity index (χ4n) is 2.69. The van der Waals surface area contributed by atoms with E-state index in [0.717, 1.165) is 16.7 Å². The van der Waals surface area contributed by atoms with E-state index in [1.807, 2.05) is 0 Å². The summed E-state index contributed by atoms with van der Waals surface area (Å²) < 4.78 is 11.0. The highest BCUT2D eigenvalue weighted by atomic mass is 16.5. The summed E-state index contributed by atoms with van der Waals surface area (Å²) in [5.74, 6) is 5.47. The van der Waals surface area contributed by atoms with Crippen molar-refractivity contribution in [1.82, 2.24) is 0 Å². The molecule has 0 radical (unpaired) electrons. The SMILES string of the molecule is C#CCc1c(C#C)c2c(c3c1COC3)COC2. The van der Waals surface area contributed by atoms with Gasteiger partial charge in [0.25, 0.3) is 0 Å². The minimum Gasteiger partial charge on any atom is -0.372 e. The van der Waals surface area contributed by atoms with Gasteiger partial charge in [-0.1, -0.05) is 5.92 Å². The lowest BCUT2D eigenvalue weighted by molar-refractivity contribution is 0.126. The summed E-state index contributed by atoms with van der Waals surface area (Å²) in [5.41, 5.74) is 6.83. The average molecular weight is 224 g/mol. The molecule has 0 unspecified atom stereocenters. The topological polar surface area (TPSA) is 18.5 Å². The van der Waals surface area contributed by atoms with Gasteiger partial charge in [-0.2, -0.15) is 0 Å². The monoisotopic (exact) mass is 224 g/mol. The average Bonchev–Trinajstić information content (AvgIpc) is 2.97. The van der Waals surface area contributed by atoms with Crippen molar-refractivity contribution in [1.29, 1.82) is 0 Å². The standard InChI is InChI=1S/C15H12O2/c1-3-5-11-10(4-2)12-6-16-8-14(12)15-9-17-7-13(11)15/h1-2H,5-9H2. The molecule has 2 nitrogen and oxygen atoms in total. The highest BCUT2D eigenvalue weighted by Gasteiger charge is 2.28. The van der Waals surface area contributed by atoms with Crippen LogP contribution < -0.4 is 0 Å². The second-order valence-electron chi connectivity index (χ2n) is 4.28. The number of rotatable bonds is 1. The molecule has 0 N–H and O–H groups in total. The van der Waals surface area contributed by atoms with Crippen LogP contribution in [0.15, 0.2) is 0 Å². The molecule has 0 fully saturated rings. The Bertz CT molecular complexity index is 570. The fraction of sp³-hybridized carbons (Fsp3) is 0.333. The van der Waals surface area contributed by atoms with E-state index in [2.05, 4.69) is 11.8 Å². The predicted octanol–water partition coefficient (Wildman–Crippen LogP) is 1.90. The third kappa shape index (κ3) is 1.39. The third-order valence-corrected chi connectivity index (χ3v) is 3.47. The van der Waals surface area contributed by atoms with E-state index in [-0.39, 0.29) is 0 Å². The van der Waals surface area contributed by atoms with E-state index in [0.29, 0.717) is 32.8 Å². The summed E-state index contributed by atoms with van der Waals surface area (Å²) in [4.78, 5) is 0. The quantitative estimate of drug-likeness (QED) is 0.678. The lowest BCUT2D eigenvalue weighted by Gasteiger charge is -2.13. The Morgan fingerprint density at radius 2 is 1.47 bits per heavy atom. The number of benzene rings is 1. The molecule has 2 aliphatic rings. The smallest absolute Gasteiger partial charge is 0.0737 e. The summed E-state index contributed by atoms with van der Waals surface area (Å²) in [6.07, 6.45) is 11.6. The highest BCUT2D eigenvalue weighted by molar-refractivity contribution is 5.59. The number of hydrogen-bond acceptors (Lipinski definition) is 2. The molecular formula is C15H12O2. The van der Waals surface area contributed by atoms with Gasteiger partial charge in [0.15, 0.2) is 0 Å². The number of hydrogen-bond donors (Lipinski definition) is 0. The van der Waals surface area contributed by atoms with Gasteiger partial charge in [-0.3, -0.25) is 0 Å². The maximum atomic E-state index is 5.63. The van der Waals surface area contributed by atoms with Crippen molar-refractivity contribution in [3.8, 4) is 24.7 Å². The molecule has 2 heterocycles. The first-order valence-corrected chi connectivity index (χ1v) is 5.60. The molecule has 1 aromatic carbocycles. The minimum absolute atomic E-state index is 0.568.